The largest absolute Gasteiger partial charge is 0.337 e. The second-order valence-corrected chi connectivity index (χ2v) is 6.02. The fraction of sp³-hybridized carbons (Fsp3) is 0.471. The van der Waals surface area contributed by atoms with E-state index in [0.29, 0.717) is 12.1 Å². The predicted octanol–water partition coefficient (Wildman–Crippen LogP) is 1.62. The van der Waals surface area contributed by atoms with Crippen LogP contribution in [0.3, 0.4) is 0 Å². The monoisotopic (exact) mass is 314 g/mol. The third-order valence-electron chi connectivity index (χ3n) is 4.49. The molecular weight excluding hydrogens is 292 g/mol. The van der Waals surface area contributed by atoms with E-state index >= 15 is 0 Å². The SMILES string of the molecule is CCc1nccn1[C@H]1CCCN(C(=O)c2ccn(C)c(=O)c2)C1. The topological polar surface area (TPSA) is 60.1 Å². The number of rotatable bonds is 3. The molecule has 0 radical (unpaired) electrons. The number of pyridine rings is 1. The van der Waals surface area contributed by atoms with E-state index in [9.17, 15) is 9.59 Å². The summed E-state index contributed by atoms with van der Waals surface area (Å²) in [4.78, 5) is 30.7. The number of likely N-dealkylation sites (tertiary alicyclic amines) is 1. The number of nitrogens with zero attached hydrogens (tertiary/aromatic N) is 4. The van der Waals surface area contributed by atoms with E-state index in [1.807, 2.05) is 17.3 Å². The minimum atomic E-state index is -0.160. The Morgan fingerprint density at radius 1 is 1.39 bits per heavy atom. The molecule has 0 N–H and O–H groups in total. The Labute approximate surface area is 135 Å². The van der Waals surface area contributed by atoms with Crippen molar-refractivity contribution in [3.8, 4) is 0 Å². The summed E-state index contributed by atoms with van der Waals surface area (Å²) in [5.74, 6) is 0.989. The normalized spacial score (nSPS) is 18.2. The zero-order valence-corrected chi connectivity index (χ0v) is 13.6. The molecule has 1 saturated heterocycles. The molecule has 1 fully saturated rings. The molecule has 0 aromatic carbocycles. The molecule has 2 aromatic rings. The van der Waals surface area contributed by atoms with Crippen LogP contribution in [-0.4, -0.2) is 38.0 Å². The predicted molar refractivity (Wildman–Crippen MR) is 87.5 cm³/mol. The van der Waals surface area contributed by atoms with Crippen LogP contribution in [0.2, 0.25) is 0 Å². The van der Waals surface area contributed by atoms with Crippen molar-refractivity contribution in [3.63, 3.8) is 0 Å². The van der Waals surface area contributed by atoms with Crippen LogP contribution < -0.4 is 5.56 Å². The minimum Gasteiger partial charge on any atom is -0.337 e. The Morgan fingerprint density at radius 2 is 2.22 bits per heavy atom. The van der Waals surface area contributed by atoms with Gasteiger partial charge in [0.25, 0.3) is 11.5 Å². The van der Waals surface area contributed by atoms with Crippen molar-refractivity contribution in [2.45, 2.75) is 32.2 Å². The number of aryl methyl sites for hydroxylation is 2. The van der Waals surface area contributed by atoms with Gasteiger partial charge in [0.2, 0.25) is 0 Å². The van der Waals surface area contributed by atoms with Gasteiger partial charge >= 0.3 is 0 Å². The number of piperidine rings is 1. The fourth-order valence-electron chi connectivity index (χ4n) is 3.18. The van der Waals surface area contributed by atoms with Gasteiger partial charge in [-0.15, -0.1) is 0 Å². The third-order valence-corrected chi connectivity index (χ3v) is 4.49. The number of imidazole rings is 1. The smallest absolute Gasteiger partial charge is 0.254 e. The highest BCUT2D eigenvalue weighted by Gasteiger charge is 2.26. The van der Waals surface area contributed by atoms with Crippen molar-refractivity contribution >= 4 is 5.91 Å². The molecule has 1 amide bonds. The van der Waals surface area contributed by atoms with E-state index in [2.05, 4.69) is 16.5 Å². The molecule has 122 valence electrons. The van der Waals surface area contributed by atoms with Gasteiger partial charge in [0.15, 0.2) is 0 Å². The maximum atomic E-state index is 12.7. The van der Waals surface area contributed by atoms with Gasteiger partial charge in [0.1, 0.15) is 5.82 Å². The Bertz CT molecular complexity index is 762. The zero-order valence-electron chi connectivity index (χ0n) is 13.6. The summed E-state index contributed by atoms with van der Waals surface area (Å²) < 4.78 is 3.65. The van der Waals surface area contributed by atoms with E-state index in [1.165, 1.54) is 10.6 Å². The zero-order chi connectivity index (χ0) is 16.4. The quantitative estimate of drug-likeness (QED) is 0.865. The average Bonchev–Trinajstić information content (AvgIpc) is 3.05. The van der Waals surface area contributed by atoms with Gasteiger partial charge in [-0.25, -0.2) is 4.98 Å². The van der Waals surface area contributed by atoms with Gasteiger partial charge in [0, 0.05) is 56.8 Å². The first-order valence-corrected chi connectivity index (χ1v) is 8.07. The van der Waals surface area contributed by atoms with Crippen molar-refractivity contribution in [1.82, 2.24) is 19.0 Å². The number of hydrogen-bond donors (Lipinski definition) is 0. The molecular formula is C17H22N4O2. The van der Waals surface area contributed by atoms with Crippen LogP contribution >= 0.6 is 0 Å². The van der Waals surface area contributed by atoms with Gasteiger partial charge < -0.3 is 14.0 Å². The van der Waals surface area contributed by atoms with E-state index in [4.69, 9.17) is 0 Å². The summed E-state index contributed by atoms with van der Waals surface area (Å²) in [5.41, 5.74) is 0.308. The van der Waals surface area contributed by atoms with Crippen LogP contribution in [0.5, 0.6) is 0 Å². The van der Waals surface area contributed by atoms with Crippen molar-refractivity contribution in [2.75, 3.05) is 13.1 Å². The number of hydrogen-bond acceptors (Lipinski definition) is 3. The average molecular weight is 314 g/mol. The lowest BCUT2D eigenvalue weighted by molar-refractivity contribution is 0.0677. The molecule has 23 heavy (non-hydrogen) atoms. The van der Waals surface area contributed by atoms with E-state index in [0.717, 1.165) is 31.6 Å². The summed E-state index contributed by atoms with van der Waals surface area (Å²) in [6.07, 6.45) is 8.34. The lowest BCUT2D eigenvalue weighted by atomic mass is 10.0. The van der Waals surface area contributed by atoms with Crippen LogP contribution in [0.1, 0.15) is 42.0 Å². The van der Waals surface area contributed by atoms with Crippen LogP contribution in [0.4, 0.5) is 0 Å². The molecule has 6 nitrogen and oxygen atoms in total. The number of carbonyl (C=O) groups excluding carboxylic acids is 1. The number of amides is 1. The molecule has 0 bridgehead atoms. The Kier molecular flexibility index (Phi) is 4.32. The molecule has 0 saturated carbocycles. The summed E-state index contributed by atoms with van der Waals surface area (Å²) in [7, 11) is 1.68. The molecule has 0 aliphatic carbocycles. The summed E-state index contributed by atoms with van der Waals surface area (Å²) in [5, 5.41) is 0. The number of aromatic nitrogens is 3. The number of carbonyl (C=O) groups is 1. The first-order chi connectivity index (χ1) is 11.1. The van der Waals surface area contributed by atoms with Gasteiger partial charge in [-0.2, -0.15) is 0 Å². The lowest BCUT2D eigenvalue weighted by Crippen LogP contribution is -2.41. The molecule has 0 unspecified atom stereocenters. The Hall–Kier alpha value is -2.37. The molecule has 0 spiro atoms. The minimum absolute atomic E-state index is 0.0643. The van der Waals surface area contributed by atoms with Crippen molar-refractivity contribution in [1.29, 1.82) is 0 Å². The molecule has 6 heteroatoms. The fourth-order valence-corrected chi connectivity index (χ4v) is 3.18. The van der Waals surface area contributed by atoms with Gasteiger partial charge in [0.05, 0.1) is 6.04 Å². The molecule has 3 heterocycles. The maximum Gasteiger partial charge on any atom is 0.254 e. The van der Waals surface area contributed by atoms with E-state index in [-0.39, 0.29) is 17.5 Å². The van der Waals surface area contributed by atoms with Crippen LogP contribution in [0, 0.1) is 0 Å². The maximum absolute atomic E-state index is 12.7. The van der Waals surface area contributed by atoms with Crippen molar-refractivity contribution in [3.05, 3.63) is 52.5 Å². The lowest BCUT2D eigenvalue weighted by Gasteiger charge is -2.34. The summed E-state index contributed by atoms with van der Waals surface area (Å²) in [6, 6.07) is 3.39. The highest BCUT2D eigenvalue weighted by atomic mass is 16.2. The second kappa shape index (κ2) is 6.40. The summed E-state index contributed by atoms with van der Waals surface area (Å²) in [6.45, 7) is 3.49. The van der Waals surface area contributed by atoms with Crippen LogP contribution in [0.25, 0.3) is 0 Å². The standard InChI is InChI=1S/C17H22N4O2/c1-3-15-18-7-10-21(15)14-5-4-8-20(12-14)17(23)13-6-9-19(2)16(22)11-13/h6-7,9-11,14H,3-5,8,12H2,1-2H3/t14-/m0/s1. The van der Waals surface area contributed by atoms with Gasteiger partial charge in [-0.3, -0.25) is 9.59 Å². The molecule has 2 aromatic heterocycles. The van der Waals surface area contributed by atoms with E-state index in [1.54, 1.807) is 19.3 Å². The van der Waals surface area contributed by atoms with Gasteiger partial charge in [-0.05, 0) is 18.9 Å². The first-order valence-electron chi connectivity index (χ1n) is 8.07. The first kappa shape index (κ1) is 15.5. The highest BCUT2D eigenvalue weighted by Crippen LogP contribution is 2.24. The Balaban J connectivity index is 1.79. The second-order valence-electron chi connectivity index (χ2n) is 6.02. The van der Waals surface area contributed by atoms with Gasteiger partial charge in [-0.1, -0.05) is 6.92 Å². The van der Waals surface area contributed by atoms with E-state index < -0.39 is 0 Å². The summed E-state index contributed by atoms with van der Waals surface area (Å²) >= 11 is 0. The third kappa shape index (κ3) is 3.06. The Morgan fingerprint density at radius 3 is 2.96 bits per heavy atom. The van der Waals surface area contributed by atoms with Crippen molar-refractivity contribution < 1.29 is 4.79 Å². The van der Waals surface area contributed by atoms with Crippen LogP contribution in [0.15, 0.2) is 35.5 Å². The molecule has 3 rings (SSSR count). The molecule has 1 aliphatic heterocycles. The molecule has 1 aliphatic rings. The van der Waals surface area contributed by atoms with Crippen molar-refractivity contribution in [2.24, 2.45) is 7.05 Å². The van der Waals surface area contributed by atoms with Crippen LogP contribution in [-0.2, 0) is 13.5 Å². The molecule has 1 atom stereocenters. The highest BCUT2D eigenvalue weighted by molar-refractivity contribution is 5.94.